The Morgan fingerprint density at radius 2 is 2.04 bits per heavy atom. The molecule has 122 valence electrons. The lowest BCUT2D eigenvalue weighted by Crippen LogP contribution is -2.34. The molecule has 1 N–H and O–H groups in total. The van der Waals surface area contributed by atoms with Crippen LogP contribution in [0, 0.1) is 0 Å². The van der Waals surface area contributed by atoms with Crippen molar-refractivity contribution in [2.75, 3.05) is 0 Å². The minimum atomic E-state index is -0.285. The molecule has 3 rings (SSSR count). The van der Waals surface area contributed by atoms with E-state index in [-0.39, 0.29) is 24.1 Å². The van der Waals surface area contributed by atoms with E-state index >= 15 is 0 Å². The van der Waals surface area contributed by atoms with Crippen LogP contribution in [0.3, 0.4) is 0 Å². The molecule has 0 aliphatic heterocycles. The zero-order chi connectivity index (χ0) is 17.1. The van der Waals surface area contributed by atoms with Crippen molar-refractivity contribution in [3.63, 3.8) is 0 Å². The third-order valence-electron chi connectivity index (χ3n) is 3.78. The summed E-state index contributed by atoms with van der Waals surface area (Å²) in [4.78, 5) is 24.6. The number of aromatic nitrogens is 2. The average Bonchev–Trinajstić information content (AvgIpc) is 2.57. The topological polar surface area (TPSA) is 64.0 Å². The molecule has 0 spiro atoms. The van der Waals surface area contributed by atoms with Crippen molar-refractivity contribution in [1.82, 2.24) is 15.1 Å². The van der Waals surface area contributed by atoms with Gasteiger partial charge in [-0.3, -0.25) is 9.59 Å². The molecule has 0 saturated carbocycles. The molecule has 24 heavy (non-hydrogen) atoms. The summed E-state index contributed by atoms with van der Waals surface area (Å²) >= 11 is 5.96. The SMILES string of the molecule is CC(NC(=O)Cn1ncc2ccccc2c1=O)c1cccc(Cl)c1. The van der Waals surface area contributed by atoms with Crippen molar-refractivity contribution >= 4 is 28.3 Å². The Morgan fingerprint density at radius 1 is 1.25 bits per heavy atom. The molecule has 0 aliphatic carbocycles. The smallest absolute Gasteiger partial charge is 0.275 e. The number of nitrogens with one attached hydrogen (secondary N) is 1. The molecular weight excluding hydrogens is 326 g/mol. The van der Waals surface area contributed by atoms with Gasteiger partial charge < -0.3 is 5.32 Å². The van der Waals surface area contributed by atoms with E-state index in [0.717, 1.165) is 10.9 Å². The summed E-state index contributed by atoms with van der Waals surface area (Å²) < 4.78 is 1.17. The Bertz CT molecular complexity index is 952. The fourth-order valence-corrected chi connectivity index (χ4v) is 2.72. The normalized spacial score (nSPS) is 12.1. The van der Waals surface area contributed by atoms with Crippen LogP contribution < -0.4 is 10.9 Å². The van der Waals surface area contributed by atoms with Gasteiger partial charge in [-0.2, -0.15) is 5.10 Å². The van der Waals surface area contributed by atoms with Crippen molar-refractivity contribution in [2.45, 2.75) is 19.5 Å². The van der Waals surface area contributed by atoms with Gasteiger partial charge in [-0.15, -0.1) is 0 Å². The van der Waals surface area contributed by atoms with E-state index in [1.807, 2.05) is 31.2 Å². The number of carbonyl (C=O) groups excluding carboxylic acids is 1. The van der Waals surface area contributed by atoms with Crippen molar-refractivity contribution in [1.29, 1.82) is 0 Å². The van der Waals surface area contributed by atoms with Crippen LogP contribution in [0.4, 0.5) is 0 Å². The van der Waals surface area contributed by atoms with Gasteiger partial charge in [0, 0.05) is 10.4 Å². The van der Waals surface area contributed by atoms with Crippen LogP contribution in [-0.2, 0) is 11.3 Å². The first-order chi connectivity index (χ1) is 11.5. The summed E-state index contributed by atoms with van der Waals surface area (Å²) in [5.74, 6) is -0.285. The predicted molar refractivity (Wildman–Crippen MR) is 94.0 cm³/mol. The molecule has 3 aromatic rings. The van der Waals surface area contributed by atoms with Gasteiger partial charge in [-0.05, 0) is 30.7 Å². The van der Waals surface area contributed by atoms with Crippen LogP contribution in [0.5, 0.6) is 0 Å². The maximum Gasteiger partial charge on any atom is 0.275 e. The van der Waals surface area contributed by atoms with Gasteiger partial charge >= 0.3 is 0 Å². The van der Waals surface area contributed by atoms with Crippen LogP contribution >= 0.6 is 11.6 Å². The average molecular weight is 342 g/mol. The van der Waals surface area contributed by atoms with Gasteiger partial charge in [0.25, 0.3) is 5.56 Å². The van der Waals surface area contributed by atoms with Crippen molar-refractivity contribution in [3.05, 3.63) is 75.7 Å². The second-order valence-electron chi connectivity index (χ2n) is 5.54. The van der Waals surface area contributed by atoms with Gasteiger partial charge in [0.15, 0.2) is 0 Å². The van der Waals surface area contributed by atoms with Gasteiger partial charge in [0.1, 0.15) is 6.54 Å². The Morgan fingerprint density at radius 3 is 2.83 bits per heavy atom. The maximum atomic E-state index is 12.4. The summed E-state index contributed by atoms with van der Waals surface area (Å²) in [6, 6.07) is 14.2. The van der Waals surface area contributed by atoms with E-state index in [9.17, 15) is 9.59 Å². The highest BCUT2D eigenvalue weighted by molar-refractivity contribution is 6.30. The first-order valence-electron chi connectivity index (χ1n) is 7.54. The molecule has 0 fully saturated rings. The first kappa shape index (κ1) is 16.2. The number of carbonyl (C=O) groups is 1. The molecule has 1 unspecified atom stereocenters. The predicted octanol–water partition coefficient (Wildman–Crippen LogP) is 2.93. The third-order valence-corrected chi connectivity index (χ3v) is 4.02. The van der Waals surface area contributed by atoms with Crippen LogP contribution in [0.25, 0.3) is 10.8 Å². The molecule has 6 heteroatoms. The van der Waals surface area contributed by atoms with Crippen molar-refractivity contribution < 1.29 is 4.79 Å². The van der Waals surface area contributed by atoms with E-state index in [1.165, 1.54) is 4.68 Å². The Balaban J connectivity index is 1.75. The highest BCUT2D eigenvalue weighted by Gasteiger charge is 2.12. The molecule has 0 radical (unpaired) electrons. The molecule has 1 amide bonds. The van der Waals surface area contributed by atoms with Gasteiger partial charge in [-0.1, -0.05) is 41.9 Å². The number of benzene rings is 2. The summed E-state index contributed by atoms with van der Waals surface area (Å²) in [7, 11) is 0. The molecule has 0 aliphatic rings. The highest BCUT2D eigenvalue weighted by atomic mass is 35.5. The molecule has 0 saturated heterocycles. The van der Waals surface area contributed by atoms with Crippen molar-refractivity contribution in [3.8, 4) is 0 Å². The Kier molecular flexibility index (Phi) is 4.62. The fraction of sp³-hybridized carbons (Fsp3) is 0.167. The lowest BCUT2D eigenvalue weighted by molar-refractivity contribution is -0.122. The van der Waals surface area contributed by atoms with Crippen LogP contribution in [-0.4, -0.2) is 15.7 Å². The van der Waals surface area contributed by atoms with Gasteiger partial charge in [-0.25, -0.2) is 4.68 Å². The van der Waals surface area contributed by atoms with Crippen LogP contribution in [0.1, 0.15) is 18.5 Å². The molecule has 1 heterocycles. The van der Waals surface area contributed by atoms with E-state index < -0.39 is 0 Å². The summed E-state index contributed by atoms with van der Waals surface area (Å²) in [6.07, 6.45) is 1.59. The lowest BCUT2D eigenvalue weighted by Gasteiger charge is -2.15. The highest BCUT2D eigenvalue weighted by Crippen LogP contribution is 2.17. The maximum absolute atomic E-state index is 12.4. The van der Waals surface area contributed by atoms with E-state index in [4.69, 9.17) is 11.6 Å². The minimum Gasteiger partial charge on any atom is -0.348 e. The monoisotopic (exact) mass is 341 g/mol. The standard InChI is InChI=1S/C18H16ClN3O2/c1-12(13-6-4-7-15(19)9-13)21-17(23)11-22-18(24)16-8-3-2-5-14(16)10-20-22/h2-10,12H,11H2,1H3,(H,21,23). The Labute approximate surface area is 143 Å². The molecule has 1 aromatic heterocycles. The molecule has 5 nitrogen and oxygen atoms in total. The number of hydrogen-bond acceptors (Lipinski definition) is 3. The van der Waals surface area contributed by atoms with Gasteiger partial charge in [0.05, 0.1) is 17.6 Å². The fourth-order valence-electron chi connectivity index (χ4n) is 2.52. The van der Waals surface area contributed by atoms with E-state index in [0.29, 0.717) is 10.4 Å². The molecule has 0 bridgehead atoms. The molecule has 2 aromatic carbocycles. The van der Waals surface area contributed by atoms with Crippen LogP contribution in [0.2, 0.25) is 5.02 Å². The molecule has 1 atom stereocenters. The van der Waals surface area contributed by atoms with Gasteiger partial charge in [0.2, 0.25) is 5.91 Å². The largest absolute Gasteiger partial charge is 0.348 e. The van der Waals surface area contributed by atoms with E-state index in [1.54, 1.807) is 30.5 Å². The molecular formula is C18H16ClN3O2. The third kappa shape index (κ3) is 3.46. The summed E-state index contributed by atoms with van der Waals surface area (Å²) in [6.45, 7) is 1.73. The number of rotatable bonds is 4. The van der Waals surface area contributed by atoms with Crippen molar-refractivity contribution in [2.24, 2.45) is 0 Å². The number of hydrogen-bond donors (Lipinski definition) is 1. The second kappa shape index (κ2) is 6.84. The zero-order valence-corrected chi connectivity index (χ0v) is 13.8. The van der Waals surface area contributed by atoms with Crippen LogP contribution in [0.15, 0.2) is 59.5 Å². The number of amides is 1. The Hall–Kier alpha value is -2.66. The number of halogens is 1. The second-order valence-corrected chi connectivity index (χ2v) is 5.98. The zero-order valence-electron chi connectivity index (χ0n) is 13.1. The first-order valence-corrected chi connectivity index (χ1v) is 7.92. The quantitative estimate of drug-likeness (QED) is 0.793. The number of nitrogens with zero attached hydrogens (tertiary/aromatic N) is 2. The number of fused-ring (bicyclic) bond motifs is 1. The van der Waals surface area contributed by atoms with E-state index in [2.05, 4.69) is 10.4 Å². The summed E-state index contributed by atoms with van der Waals surface area (Å²) in [5, 5.41) is 8.83. The summed E-state index contributed by atoms with van der Waals surface area (Å²) in [5.41, 5.74) is 0.619. The lowest BCUT2D eigenvalue weighted by atomic mass is 10.1. The minimum absolute atomic E-state index is 0.130.